The molecule has 0 unspecified atom stereocenters. The summed E-state index contributed by atoms with van der Waals surface area (Å²) in [5, 5.41) is 0. The summed E-state index contributed by atoms with van der Waals surface area (Å²) in [6.07, 6.45) is 5.60. The van der Waals surface area contributed by atoms with Crippen LogP contribution in [0, 0.1) is 0 Å². The quantitative estimate of drug-likeness (QED) is 0.576. The molecule has 0 aliphatic rings. The molecule has 0 rings (SSSR count). The molecule has 0 radical (unpaired) electrons. The number of hydrogen-bond donors (Lipinski definition) is 1. The lowest BCUT2D eigenvalue weighted by molar-refractivity contribution is 0.813. The number of hydrogen-bond acceptors (Lipinski definition) is 1. The van der Waals surface area contributed by atoms with Gasteiger partial charge in [0.05, 0.1) is 0 Å². The molecule has 0 aliphatic heterocycles. The third-order valence-electron chi connectivity index (χ3n) is 2.31. The molecule has 1 N–H and O–H groups in total. The summed E-state index contributed by atoms with van der Waals surface area (Å²) in [5.74, 6) is 0. The van der Waals surface area contributed by atoms with Gasteiger partial charge in [0.1, 0.15) is 8.96 Å². The van der Waals surface area contributed by atoms with E-state index in [0.29, 0.717) is 0 Å². The molecular weight excluding hydrogens is 162 g/mol. The Morgan fingerprint density at radius 1 is 0.917 bits per heavy atom. The smallest absolute Gasteiger partial charge is 0.108 e. The van der Waals surface area contributed by atoms with Crippen molar-refractivity contribution in [2.24, 2.45) is 0 Å². The van der Waals surface area contributed by atoms with E-state index in [1.165, 1.54) is 44.3 Å². The van der Waals surface area contributed by atoms with E-state index in [2.05, 4.69) is 25.8 Å². The molecule has 0 amide bonds. The molecule has 0 atom stereocenters. The van der Waals surface area contributed by atoms with Crippen molar-refractivity contribution in [3.63, 3.8) is 0 Å². The lowest BCUT2D eigenvalue weighted by Crippen LogP contribution is -2.33. The van der Waals surface area contributed by atoms with Crippen molar-refractivity contribution in [1.29, 1.82) is 0 Å². The van der Waals surface area contributed by atoms with Gasteiger partial charge in [-0.15, -0.1) is 0 Å². The Morgan fingerprint density at radius 2 is 1.42 bits per heavy atom. The predicted molar refractivity (Wildman–Crippen MR) is 60.3 cm³/mol. The topological polar surface area (TPSA) is 12.0 Å². The fourth-order valence-electron chi connectivity index (χ4n) is 1.54. The summed E-state index contributed by atoms with van der Waals surface area (Å²) in [4.78, 5) is 3.69. The van der Waals surface area contributed by atoms with E-state index < -0.39 is 8.96 Å². The van der Waals surface area contributed by atoms with Crippen LogP contribution in [0.3, 0.4) is 0 Å². The van der Waals surface area contributed by atoms with E-state index in [9.17, 15) is 0 Å². The lowest BCUT2D eigenvalue weighted by Gasteiger charge is -2.14. The van der Waals surface area contributed by atoms with Gasteiger partial charge in [0, 0.05) is 0 Å². The fourth-order valence-corrected chi connectivity index (χ4v) is 4.61. The van der Waals surface area contributed by atoms with Crippen LogP contribution in [-0.4, -0.2) is 15.5 Å². The molecule has 0 aromatic rings. The second-order valence-electron chi connectivity index (χ2n) is 3.54. The zero-order valence-corrected chi connectivity index (χ0v) is 10.2. The largest absolute Gasteiger partial charge is 0.340 e. The van der Waals surface area contributed by atoms with Crippen molar-refractivity contribution in [3.8, 4) is 0 Å². The van der Waals surface area contributed by atoms with Crippen LogP contribution in [0.15, 0.2) is 0 Å². The van der Waals surface area contributed by atoms with Gasteiger partial charge in [-0.25, -0.2) is 0 Å². The summed E-state index contributed by atoms with van der Waals surface area (Å²) >= 11 is 0. The van der Waals surface area contributed by atoms with Crippen LogP contribution in [0.25, 0.3) is 0 Å². The molecule has 0 spiro atoms. The second-order valence-corrected chi connectivity index (χ2v) is 6.50. The Hall–Kier alpha value is 0.177. The number of rotatable bonds is 8. The average Bonchev–Trinajstić information content (AvgIpc) is 2.10. The van der Waals surface area contributed by atoms with E-state index in [4.69, 9.17) is 0 Å². The van der Waals surface area contributed by atoms with Crippen LogP contribution < -0.4 is 4.98 Å². The first kappa shape index (κ1) is 12.2. The molecule has 12 heavy (non-hydrogen) atoms. The van der Waals surface area contributed by atoms with Gasteiger partial charge >= 0.3 is 0 Å². The van der Waals surface area contributed by atoms with E-state index in [1.54, 1.807) is 0 Å². The van der Waals surface area contributed by atoms with Crippen LogP contribution in [0.5, 0.6) is 0 Å². The Morgan fingerprint density at radius 3 is 1.75 bits per heavy atom. The summed E-state index contributed by atoms with van der Waals surface area (Å²) in [6, 6.07) is 3.01. The molecule has 2 heteroatoms. The highest BCUT2D eigenvalue weighted by Crippen LogP contribution is 2.07. The monoisotopic (exact) mass is 187 g/mol. The highest BCUT2D eigenvalue weighted by molar-refractivity contribution is 6.56. The Bertz CT molecular complexity index is 77.9. The first-order chi connectivity index (χ1) is 5.85. The minimum atomic E-state index is -0.519. The predicted octanol–water partition coefficient (Wildman–Crippen LogP) is 2.92. The van der Waals surface area contributed by atoms with Crippen LogP contribution in [-0.2, 0) is 0 Å². The van der Waals surface area contributed by atoms with Crippen molar-refractivity contribution in [1.82, 2.24) is 4.98 Å². The maximum Gasteiger partial charge on any atom is 0.108 e. The van der Waals surface area contributed by atoms with Crippen LogP contribution in [0.1, 0.15) is 46.5 Å². The summed E-state index contributed by atoms with van der Waals surface area (Å²) in [6.45, 7) is 8.00. The van der Waals surface area contributed by atoms with Crippen LogP contribution in [0.2, 0.25) is 12.1 Å². The minimum absolute atomic E-state index is 0.519. The minimum Gasteiger partial charge on any atom is -0.340 e. The summed E-state index contributed by atoms with van der Waals surface area (Å²) < 4.78 is 0. The SMILES string of the molecule is CCCC[SiH](CCCC)NCC. The maximum atomic E-state index is 3.69. The molecule has 0 heterocycles. The molecule has 0 aromatic carbocycles. The molecule has 0 aromatic heterocycles. The third kappa shape index (κ3) is 6.86. The maximum absolute atomic E-state index is 3.69. The summed E-state index contributed by atoms with van der Waals surface area (Å²) in [5.41, 5.74) is 0. The van der Waals surface area contributed by atoms with Gasteiger partial charge in [-0.3, -0.25) is 0 Å². The van der Waals surface area contributed by atoms with E-state index in [0.717, 1.165) is 0 Å². The van der Waals surface area contributed by atoms with Gasteiger partial charge in [0.25, 0.3) is 0 Å². The molecule has 0 bridgehead atoms. The van der Waals surface area contributed by atoms with Gasteiger partial charge in [-0.2, -0.15) is 0 Å². The van der Waals surface area contributed by atoms with Crippen molar-refractivity contribution in [2.75, 3.05) is 6.54 Å². The second kappa shape index (κ2) is 9.27. The fraction of sp³-hybridized carbons (Fsp3) is 1.00. The van der Waals surface area contributed by atoms with Gasteiger partial charge in [-0.1, -0.05) is 46.5 Å². The zero-order chi connectivity index (χ0) is 9.23. The molecule has 0 saturated carbocycles. The summed E-state index contributed by atoms with van der Waals surface area (Å²) in [7, 11) is -0.519. The standard InChI is InChI=1S/C10H25NSi/c1-4-7-9-12(11-6-3)10-8-5-2/h11-12H,4-10H2,1-3H3. The van der Waals surface area contributed by atoms with Crippen LogP contribution in [0.4, 0.5) is 0 Å². The highest BCUT2D eigenvalue weighted by atomic mass is 28.3. The van der Waals surface area contributed by atoms with Crippen molar-refractivity contribution in [2.45, 2.75) is 58.5 Å². The molecule has 74 valence electrons. The highest BCUT2D eigenvalue weighted by Gasteiger charge is 2.06. The molecular formula is C10H25NSi. The van der Waals surface area contributed by atoms with E-state index in [1.807, 2.05) is 0 Å². The van der Waals surface area contributed by atoms with Gasteiger partial charge in [-0.05, 0) is 18.6 Å². The number of unbranched alkanes of at least 4 members (excludes halogenated alkanes) is 2. The Labute approximate surface area is 79.6 Å². The lowest BCUT2D eigenvalue weighted by atomic mass is 10.4. The van der Waals surface area contributed by atoms with Crippen LogP contribution >= 0.6 is 0 Å². The molecule has 0 aliphatic carbocycles. The van der Waals surface area contributed by atoms with Crippen molar-refractivity contribution >= 4 is 8.96 Å². The molecule has 0 saturated heterocycles. The number of nitrogens with one attached hydrogen (secondary N) is 1. The normalized spacial score (nSPS) is 11.0. The average molecular weight is 187 g/mol. The van der Waals surface area contributed by atoms with Gasteiger partial charge in [0.2, 0.25) is 0 Å². The third-order valence-corrected chi connectivity index (χ3v) is 5.50. The van der Waals surface area contributed by atoms with E-state index in [-0.39, 0.29) is 0 Å². The zero-order valence-electron chi connectivity index (χ0n) is 9.03. The Kier molecular flexibility index (Phi) is 9.40. The molecule has 0 fully saturated rings. The van der Waals surface area contributed by atoms with Crippen molar-refractivity contribution < 1.29 is 0 Å². The first-order valence-corrected chi connectivity index (χ1v) is 7.79. The van der Waals surface area contributed by atoms with Crippen molar-refractivity contribution in [3.05, 3.63) is 0 Å². The Balaban J connectivity index is 3.40. The molecule has 1 nitrogen and oxygen atoms in total. The van der Waals surface area contributed by atoms with Gasteiger partial charge < -0.3 is 4.98 Å². The van der Waals surface area contributed by atoms with Gasteiger partial charge in [0.15, 0.2) is 0 Å². The van der Waals surface area contributed by atoms with E-state index >= 15 is 0 Å². The first-order valence-electron chi connectivity index (χ1n) is 5.58.